The van der Waals surface area contributed by atoms with Crippen LogP contribution in [0.2, 0.25) is 0 Å². The van der Waals surface area contributed by atoms with Gasteiger partial charge in [0.05, 0.1) is 0 Å². The summed E-state index contributed by atoms with van der Waals surface area (Å²) in [5.41, 5.74) is -0.0357. The van der Waals surface area contributed by atoms with E-state index in [-0.39, 0.29) is 5.60 Å². The highest BCUT2D eigenvalue weighted by Gasteiger charge is 2.24. The van der Waals surface area contributed by atoms with Crippen LogP contribution < -0.4 is 0 Å². The largest absolute Gasteiger partial charge is 0.442 e. The van der Waals surface area contributed by atoms with Gasteiger partial charge in [0, 0.05) is 5.60 Å². The zero-order valence-corrected chi connectivity index (χ0v) is 9.44. The van der Waals surface area contributed by atoms with Gasteiger partial charge in [-0.2, -0.15) is 0 Å². The number of hydrogen-bond acceptors (Lipinski definition) is 1. The summed E-state index contributed by atoms with van der Waals surface area (Å²) in [5.74, 6) is 0. The predicted molar refractivity (Wildman–Crippen MR) is 58.9 cm³/mol. The Hall–Kier alpha value is 0.0249. The first-order chi connectivity index (χ1) is 6.24. The van der Waals surface area contributed by atoms with Gasteiger partial charge in [-0.3, -0.25) is 0 Å². The van der Waals surface area contributed by atoms with E-state index in [9.17, 15) is 0 Å². The Balaban J connectivity index is 3.97. The van der Waals surface area contributed by atoms with Crippen LogP contribution in [0.15, 0.2) is 0 Å². The molecule has 0 aromatic carbocycles. The molecular weight excluding hydrogens is 159 g/mol. The summed E-state index contributed by atoms with van der Waals surface area (Å²) >= 11 is 0. The molecule has 76 valence electrons. The Bertz CT molecular complexity index is 101. The Morgan fingerprint density at radius 2 is 1.46 bits per heavy atom. The summed E-state index contributed by atoms with van der Waals surface area (Å²) < 4.78 is 5.19. The Labute approximate surface area is 84.7 Å². The van der Waals surface area contributed by atoms with Crippen LogP contribution in [0.3, 0.4) is 0 Å². The van der Waals surface area contributed by atoms with Crippen LogP contribution in [-0.4, -0.2) is 13.7 Å². The van der Waals surface area contributed by atoms with Gasteiger partial charge in [0.15, 0.2) is 0 Å². The average molecular weight is 182 g/mol. The van der Waals surface area contributed by atoms with Gasteiger partial charge < -0.3 is 4.65 Å². The van der Waals surface area contributed by atoms with Crippen molar-refractivity contribution in [1.29, 1.82) is 0 Å². The number of hydrogen-bond donors (Lipinski definition) is 0. The lowest BCUT2D eigenvalue weighted by Gasteiger charge is -2.32. The second kappa shape index (κ2) is 7.43. The maximum Gasteiger partial charge on any atom is 0.283 e. The van der Waals surface area contributed by atoms with Gasteiger partial charge in [0.2, 0.25) is 0 Å². The van der Waals surface area contributed by atoms with Gasteiger partial charge in [-0.05, 0) is 19.3 Å². The monoisotopic (exact) mass is 182 g/mol. The van der Waals surface area contributed by atoms with E-state index in [1.54, 1.807) is 0 Å². The smallest absolute Gasteiger partial charge is 0.283 e. The molecule has 0 aliphatic carbocycles. The van der Waals surface area contributed by atoms with Crippen molar-refractivity contribution >= 4 is 8.05 Å². The summed E-state index contributed by atoms with van der Waals surface area (Å²) in [6.45, 7) is 6.58. The quantitative estimate of drug-likeness (QED) is 0.521. The maximum absolute atomic E-state index is 5.40. The first kappa shape index (κ1) is 13.0. The summed E-state index contributed by atoms with van der Waals surface area (Å²) in [6.07, 6.45) is 8.12. The lowest BCUT2D eigenvalue weighted by atomic mass is 9.87. The third-order valence-electron chi connectivity index (χ3n) is 2.87. The maximum atomic E-state index is 5.40. The van der Waals surface area contributed by atoms with Crippen LogP contribution in [0, 0.1) is 0 Å². The number of rotatable bonds is 8. The van der Waals surface area contributed by atoms with Crippen molar-refractivity contribution in [1.82, 2.24) is 0 Å². The molecule has 0 heterocycles. The van der Waals surface area contributed by atoms with Crippen molar-refractivity contribution < 1.29 is 4.65 Å². The zero-order chi connectivity index (χ0) is 10.2. The lowest BCUT2D eigenvalue weighted by Crippen LogP contribution is -2.31. The van der Waals surface area contributed by atoms with E-state index in [0.717, 1.165) is 19.3 Å². The fourth-order valence-electron chi connectivity index (χ4n) is 1.68. The highest BCUT2D eigenvalue weighted by atomic mass is 16.4. The van der Waals surface area contributed by atoms with Crippen molar-refractivity contribution in [3.05, 3.63) is 0 Å². The van der Waals surface area contributed by atoms with E-state index >= 15 is 0 Å². The third-order valence-corrected chi connectivity index (χ3v) is 2.87. The molecule has 0 atom stereocenters. The van der Waals surface area contributed by atoms with E-state index in [0.29, 0.717) is 0 Å². The van der Waals surface area contributed by atoms with Crippen LogP contribution >= 0.6 is 0 Å². The molecule has 0 N–H and O–H groups in total. The van der Waals surface area contributed by atoms with E-state index < -0.39 is 0 Å². The Morgan fingerprint density at radius 3 is 1.69 bits per heavy atom. The predicted octanol–water partition coefficient (Wildman–Crippen LogP) is 3.62. The molecular formula is C11H23BO. The van der Waals surface area contributed by atoms with Gasteiger partial charge in [-0.1, -0.05) is 46.5 Å². The second-order valence-electron chi connectivity index (χ2n) is 3.86. The fraction of sp³-hybridized carbons (Fsp3) is 1.00. The minimum absolute atomic E-state index is 0.0357. The van der Waals surface area contributed by atoms with Crippen molar-refractivity contribution in [2.24, 2.45) is 0 Å². The highest BCUT2D eigenvalue weighted by Crippen LogP contribution is 2.28. The van der Waals surface area contributed by atoms with E-state index in [1.165, 1.54) is 25.7 Å². The molecule has 0 aliphatic rings. The molecule has 2 heteroatoms. The minimum atomic E-state index is -0.0357. The zero-order valence-electron chi connectivity index (χ0n) is 9.44. The molecule has 0 rings (SSSR count). The van der Waals surface area contributed by atoms with Gasteiger partial charge in [-0.15, -0.1) is 0 Å². The molecule has 0 spiro atoms. The summed E-state index contributed by atoms with van der Waals surface area (Å²) in [5, 5.41) is 0. The molecule has 0 aliphatic heterocycles. The summed E-state index contributed by atoms with van der Waals surface area (Å²) in [7, 11) is 5.40. The molecule has 0 saturated heterocycles. The van der Waals surface area contributed by atoms with Gasteiger partial charge in [0.1, 0.15) is 0 Å². The molecule has 13 heavy (non-hydrogen) atoms. The van der Waals surface area contributed by atoms with Crippen LogP contribution in [-0.2, 0) is 4.65 Å². The van der Waals surface area contributed by atoms with Crippen molar-refractivity contribution in [2.75, 3.05) is 0 Å². The van der Waals surface area contributed by atoms with Crippen LogP contribution in [0.4, 0.5) is 0 Å². The topological polar surface area (TPSA) is 9.23 Å². The first-order valence-electron chi connectivity index (χ1n) is 5.62. The van der Waals surface area contributed by atoms with Crippen molar-refractivity contribution in [3.8, 4) is 0 Å². The molecule has 0 saturated carbocycles. The lowest BCUT2D eigenvalue weighted by molar-refractivity contribution is 0.0512. The SMILES string of the molecule is [B]OC(CC)(CCCC)CCCC. The molecule has 0 aromatic rings. The Kier molecular flexibility index (Phi) is 7.45. The van der Waals surface area contributed by atoms with Crippen LogP contribution in [0.25, 0.3) is 0 Å². The summed E-state index contributed by atoms with van der Waals surface area (Å²) in [6, 6.07) is 0. The molecule has 0 amide bonds. The standard InChI is InChI=1S/C11H23BO/c1-4-7-9-11(6-3,13-12)10-8-5-2/h4-10H2,1-3H3. The van der Waals surface area contributed by atoms with E-state index in [4.69, 9.17) is 12.7 Å². The van der Waals surface area contributed by atoms with Gasteiger partial charge >= 0.3 is 0 Å². The third kappa shape index (κ3) is 4.71. The Morgan fingerprint density at radius 1 is 1.00 bits per heavy atom. The van der Waals surface area contributed by atoms with Crippen molar-refractivity contribution in [2.45, 2.75) is 71.3 Å². The van der Waals surface area contributed by atoms with E-state index in [2.05, 4.69) is 20.8 Å². The van der Waals surface area contributed by atoms with Gasteiger partial charge in [0.25, 0.3) is 8.05 Å². The van der Waals surface area contributed by atoms with Gasteiger partial charge in [-0.25, -0.2) is 0 Å². The first-order valence-corrected chi connectivity index (χ1v) is 5.62. The highest BCUT2D eigenvalue weighted by molar-refractivity contribution is 5.98. The minimum Gasteiger partial charge on any atom is -0.442 e. The fourth-order valence-corrected chi connectivity index (χ4v) is 1.68. The summed E-state index contributed by atoms with van der Waals surface area (Å²) in [4.78, 5) is 0. The van der Waals surface area contributed by atoms with E-state index in [1.807, 2.05) is 0 Å². The molecule has 0 fully saturated rings. The molecule has 0 bridgehead atoms. The van der Waals surface area contributed by atoms with Crippen molar-refractivity contribution in [3.63, 3.8) is 0 Å². The second-order valence-corrected chi connectivity index (χ2v) is 3.86. The van der Waals surface area contributed by atoms with Crippen LogP contribution in [0.1, 0.15) is 65.7 Å². The average Bonchev–Trinajstić information content (AvgIpc) is 2.20. The molecule has 0 aromatic heterocycles. The van der Waals surface area contributed by atoms with Crippen LogP contribution in [0.5, 0.6) is 0 Å². The molecule has 0 unspecified atom stereocenters. The number of unbranched alkanes of at least 4 members (excludes halogenated alkanes) is 2. The molecule has 2 radical (unpaired) electrons. The molecule has 1 nitrogen and oxygen atoms in total. The normalized spacial score (nSPS) is 11.9.